The van der Waals surface area contributed by atoms with Gasteiger partial charge in [0, 0.05) is 6.07 Å². The van der Waals surface area contributed by atoms with Crippen molar-refractivity contribution in [3.63, 3.8) is 0 Å². The van der Waals surface area contributed by atoms with Crippen molar-refractivity contribution in [3.8, 4) is 0 Å². The number of carbonyl (C=O) groups is 1. The molecule has 3 heterocycles. The van der Waals surface area contributed by atoms with Crippen molar-refractivity contribution in [2.45, 2.75) is 31.5 Å². The topological polar surface area (TPSA) is 110 Å². The van der Waals surface area contributed by atoms with E-state index in [1.54, 1.807) is 10.7 Å². The first-order chi connectivity index (χ1) is 13.3. The number of aromatic nitrogens is 4. The molecule has 1 atom stereocenters. The number of nitrogens with zero attached hydrogens (tertiary/aromatic N) is 3. The number of carbonyl (C=O) groups excluding carboxylic acids is 1. The molecule has 0 saturated carbocycles. The average molecular weight is 420 g/mol. The first-order valence-corrected chi connectivity index (χ1v) is 11.8. The molecule has 1 aromatic carbocycles. The highest BCUT2D eigenvalue weighted by molar-refractivity contribution is 7.99. The van der Waals surface area contributed by atoms with Gasteiger partial charge in [-0.25, -0.2) is 18.1 Å². The van der Waals surface area contributed by atoms with Crippen molar-refractivity contribution in [3.05, 3.63) is 35.5 Å². The zero-order valence-corrected chi connectivity index (χ0v) is 17.2. The number of imidazole rings is 1. The molecule has 10 heteroatoms. The summed E-state index contributed by atoms with van der Waals surface area (Å²) >= 11 is 1.32. The molecule has 28 heavy (non-hydrogen) atoms. The number of benzene rings is 1. The van der Waals surface area contributed by atoms with Crippen LogP contribution in [-0.2, 0) is 14.6 Å². The van der Waals surface area contributed by atoms with Crippen LogP contribution in [0.3, 0.4) is 0 Å². The summed E-state index contributed by atoms with van der Waals surface area (Å²) in [7, 11) is -3.03. The summed E-state index contributed by atoms with van der Waals surface area (Å²) in [6.07, 6.45) is 0.513. The Kier molecular flexibility index (Phi) is 4.92. The van der Waals surface area contributed by atoms with Gasteiger partial charge >= 0.3 is 0 Å². The highest BCUT2D eigenvalue weighted by Crippen LogP contribution is 2.27. The number of hydrogen-bond acceptors (Lipinski definition) is 6. The third kappa shape index (κ3) is 4.07. The van der Waals surface area contributed by atoms with Crippen LogP contribution in [0.5, 0.6) is 0 Å². The summed E-state index contributed by atoms with van der Waals surface area (Å²) in [5.41, 5.74) is 3.69. The van der Waals surface area contributed by atoms with Gasteiger partial charge in [-0.1, -0.05) is 17.8 Å². The fourth-order valence-corrected chi connectivity index (χ4v) is 5.71. The Labute approximate surface area is 167 Å². The minimum atomic E-state index is -3.03. The monoisotopic (exact) mass is 419 g/mol. The third-order valence-corrected chi connectivity index (χ3v) is 7.26. The molecule has 2 N–H and O–H groups in total. The van der Waals surface area contributed by atoms with Gasteiger partial charge in [0.15, 0.2) is 15.0 Å². The second kappa shape index (κ2) is 7.25. The fraction of sp³-hybridized carbons (Fsp3) is 0.389. The smallest absolute Gasteiger partial charge is 0.235 e. The lowest BCUT2D eigenvalue weighted by Gasteiger charge is -2.13. The predicted molar refractivity (Wildman–Crippen MR) is 109 cm³/mol. The standard InChI is InChI=1S/C18H21N5O3S2/c1-11-3-4-14-15(7-11)20-18(19-14)27-9-17(24)21-16-8-12(2)22-23(16)13-5-6-28(25,26)10-13/h3-4,7-8,13H,5-6,9-10H2,1-2H3,(H,19,20)(H,21,24)/t13-/m0/s1. The number of amides is 1. The van der Waals surface area contributed by atoms with E-state index in [4.69, 9.17) is 0 Å². The molecule has 1 amide bonds. The molecule has 148 valence electrons. The van der Waals surface area contributed by atoms with Crippen molar-refractivity contribution >= 4 is 44.4 Å². The molecule has 0 spiro atoms. The van der Waals surface area contributed by atoms with E-state index < -0.39 is 9.84 Å². The minimum absolute atomic E-state index is 0.0597. The summed E-state index contributed by atoms with van der Waals surface area (Å²) in [6, 6.07) is 7.49. The second-order valence-electron chi connectivity index (χ2n) is 7.07. The molecule has 0 bridgehead atoms. The van der Waals surface area contributed by atoms with Gasteiger partial charge in [-0.2, -0.15) is 5.10 Å². The number of fused-ring (bicyclic) bond motifs is 1. The number of thioether (sulfide) groups is 1. The van der Waals surface area contributed by atoms with Crippen molar-refractivity contribution in [2.24, 2.45) is 0 Å². The van der Waals surface area contributed by atoms with Crippen LogP contribution in [0.2, 0.25) is 0 Å². The largest absolute Gasteiger partial charge is 0.333 e. The van der Waals surface area contributed by atoms with Crippen LogP contribution in [-0.4, -0.2) is 51.3 Å². The van der Waals surface area contributed by atoms with Crippen molar-refractivity contribution in [1.82, 2.24) is 19.7 Å². The van der Waals surface area contributed by atoms with Crippen LogP contribution in [0.4, 0.5) is 5.82 Å². The van der Waals surface area contributed by atoms with Gasteiger partial charge in [0.25, 0.3) is 0 Å². The highest BCUT2D eigenvalue weighted by Gasteiger charge is 2.31. The summed E-state index contributed by atoms with van der Waals surface area (Å²) in [4.78, 5) is 20.1. The molecule has 2 aromatic heterocycles. The van der Waals surface area contributed by atoms with E-state index >= 15 is 0 Å². The molecular formula is C18H21N5O3S2. The Morgan fingerprint density at radius 1 is 1.36 bits per heavy atom. The van der Waals surface area contributed by atoms with E-state index in [0.29, 0.717) is 17.4 Å². The molecule has 1 aliphatic heterocycles. The van der Waals surface area contributed by atoms with Gasteiger partial charge in [0.2, 0.25) is 5.91 Å². The Morgan fingerprint density at radius 2 is 2.18 bits per heavy atom. The fourth-order valence-electron chi connectivity index (χ4n) is 3.34. The summed E-state index contributed by atoms with van der Waals surface area (Å²) in [5, 5.41) is 7.91. The van der Waals surface area contributed by atoms with E-state index in [0.717, 1.165) is 22.3 Å². The lowest BCUT2D eigenvalue weighted by atomic mass is 10.2. The Bertz CT molecular complexity index is 1150. The number of nitrogens with one attached hydrogen (secondary N) is 2. The van der Waals surface area contributed by atoms with E-state index in [1.807, 2.05) is 32.0 Å². The SMILES string of the molecule is Cc1ccc2nc(SCC(=O)Nc3cc(C)nn3[C@H]3CCS(=O)(=O)C3)[nH]c2c1. The molecule has 0 unspecified atom stereocenters. The van der Waals surface area contributed by atoms with Crippen molar-refractivity contribution < 1.29 is 13.2 Å². The number of sulfone groups is 1. The first-order valence-electron chi connectivity index (χ1n) is 8.95. The molecule has 0 radical (unpaired) electrons. The van der Waals surface area contributed by atoms with E-state index in [9.17, 15) is 13.2 Å². The molecule has 1 aliphatic rings. The van der Waals surface area contributed by atoms with Gasteiger partial charge < -0.3 is 10.3 Å². The van der Waals surface area contributed by atoms with Gasteiger partial charge in [-0.3, -0.25) is 4.79 Å². The Balaban J connectivity index is 1.42. The summed E-state index contributed by atoms with van der Waals surface area (Å²) in [6.45, 7) is 3.84. The molecule has 3 aromatic rings. The normalized spacial score (nSPS) is 18.6. The Hall–Kier alpha value is -2.33. The zero-order valence-electron chi connectivity index (χ0n) is 15.6. The molecule has 8 nitrogen and oxygen atoms in total. The number of rotatable bonds is 5. The van der Waals surface area contributed by atoms with Gasteiger partial charge in [-0.05, 0) is 38.0 Å². The van der Waals surface area contributed by atoms with Crippen molar-refractivity contribution in [1.29, 1.82) is 0 Å². The second-order valence-corrected chi connectivity index (χ2v) is 10.3. The number of aromatic amines is 1. The molecular weight excluding hydrogens is 398 g/mol. The minimum Gasteiger partial charge on any atom is -0.333 e. The number of anilines is 1. The maximum Gasteiger partial charge on any atom is 0.235 e. The van der Waals surface area contributed by atoms with Crippen molar-refractivity contribution in [2.75, 3.05) is 22.6 Å². The van der Waals surface area contributed by atoms with Crippen LogP contribution >= 0.6 is 11.8 Å². The number of H-pyrrole nitrogens is 1. The van der Waals surface area contributed by atoms with E-state index in [2.05, 4.69) is 20.4 Å². The molecule has 4 rings (SSSR count). The summed E-state index contributed by atoms with van der Waals surface area (Å²) < 4.78 is 25.2. The predicted octanol–water partition coefficient (Wildman–Crippen LogP) is 2.47. The Morgan fingerprint density at radius 3 is 2.93 bits per heavy atom. The van der Waals surface area contributed by atoms with Crippen LogP contribution in [0.1, 0.15) is 23.7 Å². The molecule has 1 saturated heterocycles. The van der Waals surface area contributed by atoms with Gasteiger partial charge in [-0.15, -0.1) is 0 Å². The van der Waals surface area contributed by atoms with Crippen LogP contribution in [0.25, 0.3) is 11.0 Å². The van der Waals surface area contributed by atoms with Crippen LogP contribution in [0, 0.1) is 13.8 Å². The third-order valence-electron chi connectivity index (χ3n) is 4.64. The highest BCUT2D eigenvalue weighted by atomic mass is 32.2. The zero-order chi connectivity index (χ0) is 19.9. The first kappa shape index (κ1) is 19.0. The van der Waals surface area contributed by atoms with E-state index in [1.165, 1.54) is 11.8 Å². The number of aryl methyl sites for hydroxylation is 2. The van der Waals surface area contributed by atoms with Gasteiger partial charge in [0.05, 0.1) is 40.0 Å². The van der Waals surface area contributed by atoms with Crippen LogP contribution in [0.15, 0.2) is 29.4 Å². The molecule has 1 fully saturated rings. The van der Waals surface area contributed by atoms with E-state index in [-0.39, 0.29) is 29.2 Å². The van der Waals surface area contributed by atoms with Gasteiger partial charge in [0.1, 0.15) is 5.82 Å². The number of hydrogen-bond donors (Lipinski definition) is 2. The lowest BCUT2D eigenvalue weighted by molar-refractivity contribution is -0.113. The average Bonchev–Trinajstić information content (AvgIpc) is 3.29. The molecule has 0 aliphatic carbocycles. The lowest BCUT2D eigenvalue weighted by Crippen LogP contribution is -2.20. The maximum atomic E-state index is 12.4. The van der Waals surface area contributed by atoms with Crippen LogP contribution < -0.4 is 5.32 Å². The summed E-state index contributed by atoms with van der Waals surface area (Å²) in [5.74, 6) is 0.746. The quantitative estimate of drug-likeness (QED) is 0.615. The maximum absolute atomic E-state index is 12.4.